The van der Waals surface area contributed by atoms with E-state index in [-0.39, 0.29) is 18.0 Å². The maximum Gasteiger partial charge on any atom is 0.338 e. The van der Waals surface area contributed by atoms with Gasteiger partial charge < -0.3 is 14.2 Å². The van der Waals surface area contributed by atoms with Crippen LogP contribution < -0.4 is 9.47 Å². The molecule has 0 radical (unpaired) electrons. The Morgan fingerprint density at radius 1 is 0.957 bits per heavy atom. The third kappa shape index (κ3) is 4.23. The van der Waals surface area contributed by atoms with Crippen LogP contribution in [0.5, 0.6) is 11.5 Å². The van der Waals surface area contributed by atoms with Crippen LogP contribution in [0.25, 0.3) is 0 Å². The van der Waals surface area contributed by atoms with Crippen LogP contribution in [0, 0.1) is 0 Å². The second-order valence-electron chi connectivity index (χ2n) is 4.58. The Kier molecular flexibility index (Phi) is 5.60. The summed E-state index contributed by atoms with van der Waals surface area (Å²) >= 11 is 5.81. The highest BCUT2D eigenvalue weighted by Gasteiger charge is 2.14. The molecule has 0 aliphatic rings. The Bertz CT molecular complexity index is 727. The molecular weight excluding hydrogens is 320 g/mol. The van der Waals surface area contributed by atoms with Gasteiger partial charge in [-0.2, -0.15) is 0 Å². The number of hydrogen-bond acceptors (Lipinski definition) is 5. The van der Waals surface area contributed by atoms with E-state index in [4.69, 9.17) is 25.8 Å². The van der Waals surface area contributed by atoms with Crippen LogP contribution in [0.15, 0.2) is 42.5 Å². The lowest BCUT2D eigenvalue weighted by Crippen LogP contribution is -2.14. The fourth-order valence-electron chi connectivity index (χ4n) is 1.92. The van der Waals surface area contributed by atoms with Crippen molar-refractivity contribution in [2.75, 3.05) is 20.8 Å². The quantitative estimate of drug-likeness (QED) is 0.598. The summed E-state index contributed by atoms with van der Waals surface area (Å²) in [5.41, 5.74) is 0.652. The van der Waals surface area contributed by atoms with Crippen molar-refractivity contribution in [3.8, 4) is 11.5 Å². The standard InChI is InChI=1S/C17H15ClO5/c1-21-15-7-6-11(9-16(15)22-2)14(19)10-23-17(20)12-4-3-5-13(18)8-12/h3-9H,10H2,1-2H3. The first-order valence-corrected chi connectivity index (χ1v) is 7.11. The van der Waals surface area contributed by atoms with Gasteiger partial charge in [-0.05, 0) is 36.4 Å². The minimum atomic E-state index is -0.610. The molecule has 5 nitrogen and oxygen atoms in total. The number of Topliss-reactive ketones (excluding diaryl/α,β-unsaturated/α-hetero) is 1. The van der Waals surface area contributed by atoms with Gasteiger partial charge in [-0.15, -0.1) is 0 Å². The first kappa shape index (κ1) is 16.8. The van der Waals surface area contributed by atoms with Crippen LogP contribution >= 0.6 is 11.6 Å². The molecule has 23 heavy (non-hydrogen) atoms. The normalized spacial score (nSPS) is 10.0. The maximum atomic E-state index is 12.1. The van der Waals surface area contributed by atoms with Crippen LogP contribution in [0.3, 0.4) is 0 Å². The highest BCUT2D eigenvalue weighted by atomic mass is 35.5. The number of methoxy groups -OCH3 is 2. The highest BCUT2D eigenvalue weighted by Crippen LogP contribution is 2.27. The third-order valence-electron chi connectivity index (χ3n) is 3.10. The summed E-state index contributed by atoms with van der Waals surface area (Å²) in [6.07, 6.45) is 0. The molecule has 0 atom stereocenters. The molecule has 0 aliphatic carbocycles. The number of ketones is 1. The minimum Gasteiger partial charge on any atom is -0.493 e. The maximum absolute atomic E-state index is 12.1. The van der Waals surface area contributed by atoms with E-state index in [9.17, 15) is 9.59 Å². The van der Waals surface area contributed by atoms with Crippen LogP contribution in [-0.2, 0) is 4.74 Å². The van der Waals surface area contributed by atoms with Crippen LogP contribution in [-0.4, -0.2) is 32.6 Å². The Morgan fingerprint density at radius 2 is 1.70 bits per heavy atom. The molecule has 0 fully saturated rings. The lowest BCUT2D eigenvalue weighted by Gasteiger charge is -2.09. The zero-order valence-electron chi connectivity index (χ0n) is 12.7. The molecule has 0 heterocycles. The van der Waals surface area contributed by atoms with Crippen molar-refractivity contribution < 1.29 is 23.8 Å². The molecule has 2 aromatic carbocycles. The Labute approximate surface area is 138 Å². The van der Waals surface area contributed by atoms with Gasteiger partial charge in [-0.1, -0.05) is 17.7 Å². The monoisotopic (exact) mass is 334 g/mol. The van der Waals surface area contributed by atoms with Gasteiger partial charge in [0.2, 0.25) is 0 Å². The smallest absolute Gasteiger partial charge is 0.338 e. The fourth-order valence-corrected chi connectivity index (χ4v) is 2.11. The first-order chi connectivity index (χ1) is 11.0. The number of ether oxygens (including phenoxy) is 3. The molecule has 0 saturated heterocycles. The van der Waals surface area contributed by atoms with Gasteiger partial charge in [0.1, 0.15) is 0 Å². The average Bonchev–Trinajstić information content (AvgIpc) is 2.58. The summed E-state index contributed by atoms with van der Waals surface area (Å²) in [7, 11) is 2.98. The number of benzene rings is 2. The topological polar surface area (TPSA) is 61.8 Å². The van der Waals surface area contributed by atoms with Crippen molar-refractivity contribution in [1.29, 1.82) is 0 Å². The molecule has 2 rings (SSSR count). The Hall–Kier alpha value is -2.53. The van der Waals surface area contributed by atoms with Crippen molar-refractivity contribution in [2.45, 2.75) is 0 Å². The molecule has 120 valence electrons. The fraction of sp³-hybridized carbons (Fsp3) is 0.176. The molecule has 0 aliphatic heterocycles. The molecule has 0 aromatic heterocycles. The molecule has 0 spiro atoms. The summed E-state index contributed by atoms with van der Waals surface area (Å²) in [5, 5.41) is 0.422. The van der Waals surface area contributed by atoms with E-state index in [1.807, 2.05) is 0 Å². The van der Waals surface area contributed by atoms with Crippen molar-refractivity contribution >= 4 is 23.4 Å². The summed E-state index contributed by atoms with van der Waals surface area (Å²) in [5.74, 6) is -0.0119. The van der Waals surface area contributed by atoms with Gasteiger partial charge in [0.25, 0.3) is 0 Å². The van der Waals surface area contributed by atoms with E-state index in [0.29, 0.717) is 22.1 Å². The summed E-state index contributed by atoms with van der Waals surface area (Å²) < 4.78 is 15.2. The summed E-state index contributed by atoms with van der Waals surface area (Å²) in [6.45, 7) is -0.374. The van der Waals surface area contributed by atoms with Crippen molar-refractivity contribution in [1.82, 2.24) is 0 Å². The lowest BCUT2D eigenvalue weighted by molar-refractivity contribution is 0.0474. The molecule has 0 saturated carbocycles. The van der Waals surface area contributed by atoms with E-state index in [2.05, 4.69) is 0 Å². The summed E-state index contributed by atoms with van der Waals surface area (Å²) in [4.78, 5) is 24.0. The molecule has 6 heteroatoms. The van der Waals surface area contributed by atoms with Crippen molar-refractivity contribution in [3.63, 3.8) is 0 Å². The van der Waals surface area contributed by atoms with Gasteiger partial charge in [0.15, 0.2) is 23.9 Å². The minimum absolute atomic E-state index is 0.289. The van der Waals surface area contributed by atoms with E-state index >= 15 is 0 Å². The van der Waals surface area contributed by atoms with Gasteiger partial charge >= 0.3 is 5.97 Å². The highest BCUT2D eigenvalue weighted by molar-refractivity contribution is 6.30. The predicted molar refractivity (Wildman–Crippen MR) is 85.6 cm³/mol. The first-order valence-electron chi connectivity index (χ1n) is 6.73. The van der Waals surface area contributed by atoms with Crippen LogP contribution in [0.4, 0.5) is 0 Å². The number of esters is 1. The van der Waals surface area contributed by atoms with E-state index in [1.165, 1.54) is 26.4 Å². The predicted octanol–water partition coefficient (Wildman–Crippen LogP) is 3.40. The van der Waals surface area contributed by atoms with Crippen molar-refractivity contribution in [3.05, 3.63) is 58.6 Å². The SMILES string of the molecule is COc1ccc(C(=O)COC(=O)c2cccc(Cl)c2)cc1OC. The zero-order valence-corrected chi connectivity index (χ0v) is 13.4. The number of carbonyl (C=O) groups is 2. The second kappa shape index (κ2) is 7.65. The Balaban J connectivity index is 2.03. The molecule has 0 unspecified atom stereocenters. The van der Waals surface area contributed by atoms with E-state index in [1.54, 1.807) is 30.3 Å². The van der Waals surface area contributed by atoms with E-state index < -0.39 is 5.97 Å². The van der Waals surface area contributed by atoms with Gasteiger partial charge in [0.05, 0.1) is 19.8 Å². The molecular formula is C17H15ClO5. The second-order valence-corrected chi connectivity index (χ2v) is 5.02. The number of hydrogen-bond donors (Lipinski definition) is 0. The van der Waals surface area contributed by atoms with E-state index in [0.717, 1.165) is 0 Å². The number of rotatable bonds is 6. The zero-order chi connectivity index (χ0) is 16.8. The van der Waals surface area contributed by atoms with Gasteiger partial charge in [-0.25, -0.2) is 4.79 Å². The van der Waals surface area contributed by atoms with Crippen LogP contribution in [0.2, 0.25) is 5.02 Å². The average molecular weight is 335 g/mol. The van der Waals surface area contributed by atoms with Gasteiger partial charge in [-0.3, -0.25) is 4.79 Å². The Morgan fingerprint density at radius 3 is 2.35 bits per heavy atom. The number of halogens is 1. The van der Waals surface area contributed by atoms with Crippen LogP contribution in [0.1, 0.15) is 20.7 Å². The number of carbonyl (C=O) groups excluding carboxylic acids is 2. The molecule has 0 amide bonds. The lowest BCUT2D eigenvalue weighted by atomic mass is 10.1. The largest absolute Gasteiger partial charge is 0.493 e. The molecule has 0 N–H and O–H groups in total. The molecule has 0 bridgehead atoms. The molecule has 2 aromatic rings. The van der Waals surface area contributed by atoms with Gasteiger partial charge in [0, 0.05) is 10.6 Å². The third-order valence-corrected chi connectivity index (χ3v) is 3.34. The van der Waals surface area contributed by atoms with Crippen molar-refractivity contribution in [2.24, 2.45) is 0 Å². The summed E-state index contributed by atoms with van der Waals surface area (Å²) in [6, 6.07) is 11.1.